The monoisotopic (exact) mass is 201 g/mol. The molecule has 6 heteroatoms. The van der Waals surface area contributed by atoms with Crippen molar-refractivity contribution < 1.29 is 9.53 Å². The zero-order valence-corrected chi connectivity index (χ0v) is 8.06. The average Bonchev–Trinajstić information content (AvgIpc) is 2.09. The highest BCUT2D eigenvalue weighted by Gasteiger charge is 2.08. The maximum atomic E-state index is 11.0. The quantitative estimate of drug-likeness (QED) is 0.486. The van der Waals surface area contributed by atoms with Gasteiger partial charge in [0.2, 0.25) is 0 Å². The van der Waals surface area contributed by atoms with Crippen molar-refractivity contribution >= 4 is 22.9 Å². The van der Waals surface area contributed by atoms with Gasteiger partial charge >= 0.3 is 5.97 Å². The van der Waals surface area contributed by atoms with Gasteiger partial charge in [-0.1, -0.05) is 11.8 Å². The Morgan fingerprint density at radius 3 is 3.23 bits per heavy atom. The summed E-state index contributed by atoms with van der Waals surface area (Å²) in [6, 6.07) is 0. The van der Waals surface area contributed by atoms with Crippen LogP contribution in [0.1, 0.15) is 6.92 Å². The number of nitrogens with two attached hydrogens (primary N) is 1. The second-order valence-corrected chi connectivity index (χ2v) is 3.27. The number of nitrogens with one attached hydrogen (secondary N) is 1. The molecule has 0 aromatic rings. The van der Waals surface area contributed by atoms with Gasteiger partial charge in [0.05, 0.1) is 12.3 Å². The lowest BCUT2D eigenvalue weighted by atomic mass is 10.4. The molecule has 0 bridgehead atoms. The molecule has 13 heavy (non-hydrogen) atoms. The van der Waals surface area contributed by atoms with Crippen molar-refractivity contribution in [2.45, 2.75) is 6.92 Å². The van der Waals surface area contributed by atoms with Crippen LogP contribution in [0.15, 0.2) is 16.9 Å². The number of amidine groups is 1. The molecule has 0 aromatic heterocycles. The SMILES string of the molecule is CCOC(=O)/C=C1\CSC(N)=NN1. The van der Waals surface area contributed by atoms with E-state index in [4.69, 9.17) is 10.5 Å². The Balaban J connectivity index is 2.49. The molecular weight excluding hydrogens is 190 g/mol. The van der Waals surface area contributed by atoms with Crippen molar-refractivity contribution in [3.8, 4) is 0 Å². The Morgan fingerprint density at radius 2 is 2.69 bits per heavy atom. The van der Waals surface area contributed by atoms with Crippen LogP contribution in [0.4, 0.5) is 0 Å². The Morgan fingerprint density at radius 1 is 1.92 bits per heavy atom. The Hall–Kier alpha value is -1.17. The fraction of sp³-hybridized carbons (Fsp3) is 0.429. The van der Waals surface area contributed by atoms with E-state index in [-0.39, 0.29) is 5.97 Å². The molecule has 1 heterocycles. The number of rotatable bonds is 2. The van der Waals surface area contributed by atoms with Gasteiger partial charge < -0.3 is 10.5 Å². The molecule has 0 unspecified atom stereocenters. The summed E-state index contributed by atoms with van der Waals surface area (Å²) >= 11 is 1.38. The first-order chi connectivity index (χ1) is 6.22. The summed E-state index contributed by atoms with van der Waals surface area (Å²) in [6.07, 6.45) is 1.38. The summed E-state index contributed by atoms with van der Waals surface area (Å²) in [5.74, 6) is 0.259. The third-order valence-electron chi connectivity index (χ3n) is 1.26. The maximum absolute atomic E-state index is 11.0. The van der Waals surface area contributed by atoms with Gasteiger partial charge in [-0.3, -0.25) is 5.43 Å². The van der Waals surface area contributed by atoms with E-state index in [9.17, 15) is 4.79 Å². The van der Waals surface area contributed by atoms with E-state index < -0.39 is 0 Å². The minimum absolute atomic E-state index is 0.360. The van der Waals surface area contributed by atoms with Crippen LogP contribution in [0.3, 0.4) is 0 Å². The van der Waals surface area contributed by atoms with Gasteiger partial charge in [0.1, 0.15) is 0 Å². The average molecular weight is 201 g/mol. The van der Waals surface area contributed by atoms with Crippen LogP contribution < -0.4 is 11.2 Å². The predicted octanol–water partition coefficient (Wildman–Crippen LogP) is -0.000500. The molecule has 0 atom stereocenters. The number of hydrogen-bond donors (Lipinski definition) is 2. The molecule has 0 saturated carbocycles. The first-order valence-corrected chi connectivity index (χ1v) is 4.80. The first-order valence-electron chi connectivity index (χ1n) is 3.81. The molecule has 0 spiro atoms. The summed E-state index contributed by atoms with van der Waals surface area (Å²) in [5.41, 5.74) is 8.76. The molecule has 1 aliphatic rings. The smallest absolute Gasteiger partial charge is 0.332 e. The van der Waals surface area contributed by atoms with E-state index >= 15 is 0 Å². The minimum Gasteiger partial charge on any atom is -0.463 e. The van der Waals surface area contributed by atoms with Crippen LogP contribution in [0, 0.1) is 0 Å². The molecule has 0 fully saturated rings. The normalized spacial score (nSPS) is 19.2. The Bertz CT molecular complexity index is 262. The van der Waals surface area contributed by atoms with Crippen molar-refractivity contribution in [2.24, 2.45) is 10.8 Å². The number of carbonyl (C=O) groups excluding carboxylic acids is 1. The summed E-state index contributed by atoms with van der Waals surface area (Å²) in [6.45, 7) is 2.14. The van der Waals surface area contributed by atoms with Crippen LogP contribution in [0.5, 0.6) is 0 Å². The number of esters is 1. The van der Waals surface area contributed by atoms with Crippen molar-refractivity contribution in [2.75, 3.05) is 12.4 Å². The van der Waals surface area contributed by atoms with E-state index in [0.717, 1.165) is 0 Å². The number of carbonyl (C=O) groups is 1. The zero-order valence-electron chi connectivity index (χ0n) is 7.24. The molecule has 0 radical (unpaired) electrons. The zero-order chi connectivity index (χ0) is 9.68. The van der Waals surface area contributed by atoms with Crippen molar-refractivity contribution in [1.29, 1.82) is 0 Å². The second kappa shape index (κ2) is 4.76. The highest BCUT2D eigenvalue weighted by molar-refractivity contribution is 8.14. The molecule has 0 amide bonds. The van der Waals surface area contributed by atoms with Gasteiger partial charge in [0.25, 0.3) is 0 Å². The lowest BCUT2D eigenvalue weighted by Gasteiger charge is -2.11. The molecular formula is C7H11N3O2S. The molecule has 3 N–H and O–H groups in total. The minimum atomic E-state index is -0.360. The summed E-state index contributed by atoms with van der Waals surface area (Å²) < 4.78 is 4.73. The van der Waals surface area contributed by atoms with Gasteiger partial charge in [0.15, 0.2) is 5.17 Å². The number of hydrazone groups is 1. The molecule has 1 rings (SSSR count). The summed E-state index contributed by atoms with van der Waals surface area (Å²) in [7, 11) is 0. The molecule has 0 saturated heterocycles. The number of nitrogens with zero attached hydrogens (tertiary/aromatic N) is 1. The molecule has 72 valence electrons. The van der Waals surface area contributed by atoms with E-state index in [0.29, 0.717) is 23.2 Å². The van der Waals surface area contributed by atoms with Crippen LogP contribution in [0.25, 0.3) is 0 Å². The Kier molecular flexibility index (Phi) is 3.63. The van der Waals surface area contributed by atoms with E-state index in [1.165, 1.54) is 17.8 Å². The van der Waals surface area contributed by atoms with E-state index in [1.54, 1.807) is 6.92 Å². The van der Waals surface area contributed by atoms with Gasteiger partial charge in [-0.2, -0.15) is 5.10 Å². The Labute approximate surface area is 80.4 Å². The first kappa shape index (κ1) is 9.91. The number of thioether (sulfide) groups is 1. The largest absolute Gasteiger partial charge is 0.463 e. The highest BCUT2D eigenvalue weighted by Crippen LogP contribution is 2.10. The highest BCUT2D eigenvalue weighted by atomic mass is 32.2. The van der Waals surface area contributed by atoms with Crippen LogP contribution in [-0.4, -0.2) is 23.5 Å². The summed E-state index contributed by atoms with van der Waals surface area (Å²) in [5, 5.41) is 4.23. The molecule has 1 aliphatic heterocycles. The molecule has 0 aromatic carbocycles. The van der Waals surface area contributed by atoms with Gasteiger partial charge in [-0.05, 0) is 6.92 Å². The van der Waals surface area contributed by atoms with Crippen LogP contribution in [0.2, 0.25) is 0 Å². The second-order valence-electron chi connectivity index (χ2n) is 2.27. The summed E-state index contributed by atoms with van der Waals surface area (Å²) in [4.78, 5) is 11.0. The van der Waals surface area contributed by atoms with Gasteiger partial charge in [-0.25, -0.2) is 4.79 Å². The third-order valence-corrected chi connectivity index (χ3v) is 2.11. The van der Waals surface area contributed by atoms with Gasteiger partial charge in [0, 0.05) is 11.8 Å². The standard InChI is InChI=1S/C7H11N3O2S/c1-2-12-6(11)3-5-4-13-7(8)10-9-5/h3,9H,2,4H2,1H3,(H2,8,10)/b5-3+. The van der Waals surface area contributed by atoms with Crippen molar-refractivity contribution in [3.63, 3.8) is 0 Å². The number of hydrogen-bond acceptors (Lipinski definition) is 6. The predicted molar refractivity (Wildman–Crippen MR) is 51.9 cm³/mol. The third kappa shape index (κ3) is 3.37. The van der Waals surface area contributed by atoms with E-state index in [2.05, 4.69) is 10.5 Å². The lowest BCUT2D eigenvalue weighted by Crippen LogP contribution is -2.23. The van der Waals surface area contributed by atoms with Crippen LogP contribution >= 0.6 is 11.8 Å². The van der Waals surface area contributed by atoms with E-state index in [1.807, 2.05) is 0 Å². The van der Waals surface area contributed by atoms with Crippen molar-refractivity contribution in [1.82, 2.24) is 5.43 Å². The van der Waals surface area contributed by atoms with Gasteiger partial charge in [-0.15, -0.1) is 0 Å². The molecule has 5 nitrogen and oxygen atoms in total. The topological polar surface area (TPSA) is 76.7 Å². The van der Waals surface area contributed by atoms with Crippen molar-refractivity contribution in [3.05, 3.63) is 11.8 Å². The fourth-order valence-electron chi connectivity index (χ4n) is 0.743. The fourth-order valence-corrected chi connectivity index (χ4v) is 1.30. The number of ether oxygens (including phenoxy) is 1. The maximum Gasteiger partial charge on any atom is 0.332 e. The lowest BCUT2D eigenvalue weighted by molar-refractivity contribution is -0.137. The van der Waals surface area contributed by atoms with Crippen LogP contribution in [-0.2, 0) is 9.53 Å². The molecule has 0 aliphatic carbocycles.